The summed E-state index contributed by atoms with van der Waals surface area (Å²) in [6.45, 7) is 4.62. The standard InChI is InChI=1S/C19H24N2O5/c1-19(2,3)26-18(25)21(9-10-22)12-17(24)20-16-6-4-5-13-7-8-14(23)11-15(13)16/h4-8,11,22-23H,9-10,12H2,1-3H3,(H,20,24). The van der Waals surface area contributed by atoms with Crippen LogP contribution in [0.2, 0.25) is 0 Å². The number of rotatable bonds is 5. The van der Waals surface area contributed by atoms with Crippen LogP contribution in [-0.4, -0.2) is 52.4 Å². The maximum Gasteiger partial charge on any atom is 0.410 e. The zero-order valence-electron chi connectivity index (χ0n) is 15.2. The highest BCUT2D eigenvalue weighted by atomic mass is 16.6. The zero-order chi connectivity index (χ0) is 19.3. The Balaban J connectivity index is 2.13. The minimum absolute atomic E-state index is 0.0152. The third kappa shape index (κ3) is 5.35. The minimum atomic E-state index is -0.700. The molecule has 3 N–H and O–H groups in total. The first kappa shape index (κ1) is 19.5. The molecule has 2 rings (SSSR count). The summed E-state index contributed by atoms with van der Waals surface area (Å²) in [5.41, 5.74) is -0.175. The Hall–Kier alpha value is -2.80. The first-order chi connectivity index (χ1) is 12.2. The Bertz CT molecular complexity index is 798. The lowest BCUT2D eigenvalue weighted by Gasteiger charge is -2.26. The van der Waals surface area contributed by atoms with Crippen LogP contribution in [0.4, 0.5) is 10.5 Å². The van der Waals surface area contributed by atoms with Crippen LogP contribution in [0, 0.1) is 0 Å². The third-order valence-corrected chi connectivity index (χ3v) is 3.50. The average molecular weight is 360 g/mol. The number of anilines is 1. The molecule has 0 saturated carbocycles. The highest BCUT2D eigenvalue weighted by Gasteiger charge is 2.23. The molecule has 7 heteroatoms. The molecule has 140 valence electrons. The van der Waals surface area contributed by atoms with Crippen molar-refractivity contribution in [1.82, 2.24) is 4.90 Å². The van der Waals surface area contributed by atoms with Crippen molar-refractivity contribution in [2.24, 2.45) is 0 Å². The van der Waals surface area contributed by atoms with E-state index in [-0.39, 0.29) is 25.4 Å². The molecule has 2 aromatic rings. The summed E-state index contributed by atoms with van der Waals surface area (Å²) in [7, 11) is 0. The number of benzene rings is 2. The average Bonchev–Trinajstić information content (AvgIpc) is 2.53. The van der Waals surface area contributed by atoms with Crippen molar-refractivity contribution in [2.75, 3.05) is 25.0 Å². The number of hydrogen-bond acceptors (Lipinski definition) is 5. The zero-order valence-corrected chi connectivity index (χ0v) is 15.2. The van der Waals surface area contributed by atoms with Gasteiger partial charge in [-0.2, -0.15) is 0 Å². The highest BCUT2D eigenvalue weighted by Crippen LogP contribution is 2.27. The number of aliphatic hydroxyl groups excluding tert-OH is 1. The molecule has 0 spiro atoms. The molecule has 2 amide bonds. The summed E-state index contributed by atoms with van der Waals surface area (Å²) in [5, 5.41) is 23.1. The predicted molar refractivity (Wildman–Crippen MR) is 99.1 cm³/mol. The topological polar surface area (TPSA) is 99.1 Å². The van der Waals surface area contributed by atoms with Gasteiger partial charge in [-0.1, -0.05) is 18.2 Å². The Morgan fingerprint density at radius 2 is 1.92 bits per heavy atom. The lowest BCUT2D eigenvalue weighted by atomic mass is 10.1. The molecule has 0 unspecified atom stereocenters. The fraction of sp³-hybridized carbons (Fsp3) is 0.368. The van der Waals surface area contributed by atoms with E-state index in [9.17, 15) is 14.7 Å². The maximum atomic E-state index is 12.4. The number of carbonyl (C=O) groups is 2. The monoisotopic (exact) mass is 360 g/mol. The number of nitrogens with one attached hydrogen (secondary N) is 1. The van der Waals surface area contributed by atoms with Gasteiger partial charge in [0.25, 0.3) is 0 Å². The van der Waals surface area contributed by atoms with E-state index in [0.717, 1.165) is 10.3 Å². The molecule has 0 aliphatic heterocycles. The second-order valence-corrected chi connectivity index (χ2v) is 6.88. The molecular weight excluding hydrogens is 336 g/mol. The van der Waals surface area contributed by atoms with Crippen molar-refractivity contribution in [3.8, 4) is 5.75 Å². The van der Waals surface area contributed by atoms with E-state index in [2.05, 4.69) is 5.32 Å². The fourth-order valence-corrected chi connectivity index (χ4v) is 2.41. The van der Waals surface area contributed by atoms with Gasteiger partial charge >= 0.3 is 6.09 Å². The van der Waals surface area contributed by atoms with Crippen LogP contribution >= 0.6 is 0 Å². The summed E-state index contributed by atoms with van der Waals surface area (Å²) >= 11 is 0. The normalized spacial score (nSPS) is 11.2. The van der Waals surface area contributed by atoms with Crippen molar-refractivity contribution >= 4 is 28.5 Å². The summed E-state index contributed by atoms with van der Waals surface area (Å²) in [6, 6.07) is 10.2. The van der Waals surface area contributed by atoms with Gasteiger partial charge in [-0.15, -0.1) is 0 Å². The molecule has 0 aliphatic rings. The van der Waals surface area contributed by atoms with Gasteiger partial charge in [-0.25, -0.2) is 4.79 Å². The van der Waals surface area contributed by atoms with E-state index in [4.69, 9.17) is 9.84 Å². The lowest BCUT2D eigenvalue weighted by molar-refractivity contribution is -0.117. The summed E-state index contributed by atoms with van der Waals surface area (Å²) in [6.07, 6.45) is -0.669. The smallest absolute Gasteiger partial charge is 0.410 e. The van der Waals surface area contributed by atoms with Gasteiger partial charge in [0.05, 0.1) is 6.61 Å². The highest BCUT2D eigenvalue weighted by molar-refractivity contribution is 6.03. The number of amides is 2. The lowest BCUT2D eigenvalue weighted by Crippen LogP contribution is -2.42. The largest absolute Gasteiger partial charge is 0.508 e. The van der Waals surface area contributed by atoms with E-state index in [0.29, 0.717) is 11.1 Å². The fourth-order valence-electron chi connectivity index (χ4n) is 2.41. The van der Waals surface area contributed by atoms with E-state index in [1.54, 1.807) is 51.1 Å². The molecule has 7 nitrogen and oxygen atoms in total. The Morgan fingerprint density at radius 1 is 1.19 bits per heavy atom. The van der Waals surface area contributed by atoms with Gasteiger partial charge in [0.15, 0.2) is 0 Å². The second-order valence-electron chi connectivity index (χ2n) is 6.88. The van der Waals surface area contributed by atoms with Gasteiger partial charge in [-0.3, -0.25) is 9.69 Å². The Morgan fingerprint density at radius 3 is 2.58 bits per heavy atom. The van der Waals surface area contributed by atoms with Crippen molar-refractivity contribution in [2.45, 2.75) is 26.4 Å². The van der Waals surface area contributed by atoms with Gasteiger partial charge in [0.1, 0.15) is 17.9 Å². The molecular formula is C19H24N2O5. The SMILES string of the molecule is CC(C)(C)OC(=O)N(CCO)CC(=O)Nc1cccc2ccc(O)cc12. The number of aliphatic hydroxyl groups is 1. The van der Waals surface area contributed by atoms with Gasteiger partial charge in [0, 0.05) is 17.6 Å². The Kier molecular flexibility index (Phi) is 6.05. The van der Waals surface area contributed by atoms with Gasteiger partial charge in [0.2, 0.25) is 5.91 Å². The first-order valence-electron chi connectivity index (χ1n) is 8.30. The predicted octanol–water partition coefficient (Wildman–Crippen LogP) is 2.71. The first-order valence-corrected chi connectivity index (χ1v) is 8.30. The minimum Gasteiger partial charge on any atom is -0.508 e. The second kappa shape index (κ2) is 8.05. The number of ether oxygens (including phenoxy) is 1. The number of carbonyl (C=O) groups excluding carboxylic acids is 2. The van der Waals surface area contributed by atoms with Crippen molar-refractivity contribution in [3.63, 3.8) is 0 Å². The van der Waals surface area contributed by atoms with Crippen molar-refractivity contribution < 1.29 is 24.5 Å². The molecule has 26 heavy (non-hydrogen) atoms. The molecule has 0 aromatic heterocycles. The molecule has 2 aromatic carbocycles. The number of phenolic OH excluding ortho intramolecular Hbond substituents is 1. The van der Waals surface area contributed by atoms with Crippen LogP contribution in [0.15, 0.2) is 36.4 Å². The van der Waals surface area contributed by atoms with Crippen molar-refractivity contribution in [3.05, 3.63) is 36.4 Å². The van der Waals surface area contributed by atoms with Crippen LogP contribution in [0.1, 0.15) is 20.8 Å². The molecule has 0 fully saturated rings. The molecule has 0 bridgehead atoms. The number of hydrogen-bond donors (Lipinski definition) is 3. The number of fused-ring (bicyclic) bond motifs is 1. The molecule has 0 heterocycles. The summed E-state index contributed by atoms with van der Waals surface area (Å²) < 4.78 is 5.25. The van der Waals surface area contributed by atoms with Gasteiger partial charge < -0.3 is 20.3 Å². The quantitative estimate of drug-likeness (QED) is 0.761. The van der Waals surface area contributed by atoms with Crippen LogP contribution in [-0.2, 0) is 9.53 Å². The van der Waals surface area contributed by atoms with Crippen LogP contribution in [0.5, 0.6) is 5.75 Å². The van der Waals surface area contributed by atoms with Crippen molar-refractivity contribution in [1.29, 1.82) is 0 Å². The van der Waals surface area contributed by atoms with E-state index in [1.807, 2.05) is 6.07 Å². The number of phenols is 1. The molecule has 0 radical (unpaired) electrons. The molecule has 0 saturated heterocycles. The molecule has 0 atom stereocenters. The van der Waals surface area contributed by atoms with E-state index < -0.39 is 17.6 Å². The number of nitrogens with zero attached hydrogens (tertiary/aromatic N) is 1. The Labute approximate surface area is 152 Å². The van der Waals surface area contributed by atoms with E-state index >= 15 is 0 Å². The van der Waals surface area contributed by atoms with Crippen LogP contribution in [0.3, 0.4) is 0 Å². The summed E-state index contributed by atoms with van der Waals surface area (Å²) in [4.78, 5) is 25.7. The van der Waals surface area contributed by atoms with Crippen LogP contribution < -0.4 is 5.32 Å². The molecule has 0 aliphatic carbocycles. The van der Waals surface area contributed by atoms with Crippen LogP contribution in [0.25, 0.3) is 10.8 Å². The number of aromatic hydroxyl groups is 1. The van der Waals surface area contributed by atoms with E-state index in [1.165, 1.54) is 0 Å². The van der Waals surface area contributed by atoms with Gasteiger partial charge in [-0.05, 0) is 44.4 Å². The maximum absolute atomic E-state index is 12.4. The third-order valence-electron chi connectivity index (χ3n) is 3.50. The summed E-state index contributed by atoms with van der Waals surface area (Å²) in [5.74, 6) is -0.338.